The van der Waals surface area contributed by atoms with Gasteiger partial charge in [0.25, 0.3) is 0 Å². The van der Waals surface area contributed by atoms with E-state index in [0.29, 0.717) is 12.0 Å². The van der Waals surface area contributed by atoms with Crippen LogP contribution in [0.4, 0.5) is 5.95 Å². The molecular weight excluding hydrogens is 248 g/mol. The zero-order chi connectivity index (χ0) is 13.4. The number of anilines is 1. The van der Waals surface area contributed by atoms with Crippen LogP contribution in [-0.4, -0.2) is 40.5 Å². The molecule has 108 valence electrons. The molecule has 4 fully saturated rings. The zero-order valence-corrected chi connectivity index (χ0v) is 12.1. The molecule has 4 nitrogen and oxygen atoms in total. The van der Waals surface area contributed by atoms with E-state index in [1.54, 1.807) is 0 Å². The Morgan fingerprint density at radius 2 is 1.90 bits per heavy atom. The van der Waals surface area contributed by atoms with E-state index >= 15 is 0 Å². The van der Waals surface area contributed by atoms with Gasteiger partial charge in [0.1, 0.15) is 0 Å². The quantitative estimate of drug-likeness (QED) is 0.918. The summed E-state index contributed by atoms with van der Waals surface area (Å²) >= 11 is 0. The maximum absolute atomic E-state index is 4.79. The van der Waals surface area contributed by atoms with E-state index in [4.69, 9.17) is 4.98 Å². The van der Waals surface area contributed by atoms with Crippen molar-refractivity contribution < 1.29 is 0 Å². The molecule has 4 aliphatic rings. The number of hydrogen-bond donors (Lipinski definition) is 1. The molecule has 1 saturated carbocycles. The third kappa shape index (κ3) is 2.41. The largest absolute Gasteiger partial charge is 0.350 e. The fourth-order valence-electron chi connectivity index (χ4n) is 4.19. The third-order valence-electron chi connectivity index (χ3n) is 5.42. The van der Waals surface area contributed by atoms with Crippen molar-refractivity contribution in [2.24, 2.45) is 5.92 Å². The Kier molecular flexibility index (Phi) is 3.34. The lowest BCUT2D eigenvalue weighted by Crippen LogP contribution is -2.53. The molecule has 4 heteroatoms. The molecule has 4 heterocycles. The van der Waals surface area contributed by atoms with Gasteiger partial charge in [0.15, 0.2) is 0 Å². The number of fused-ring (bicyclic) bond motifs is 3. The molecule has 2 bridgehead atoms. The lowest BCUT2D eigenvalue weighted by atomic mass is 9.84. The van der Waals surface area contributed by atoms with Crippen molar-refractivity contribution in [3.63, 3.8) is 0 Å². The lowest BCUT2D eigenvalue weighted by molar-refractivity contribution is 0.0972. The van der Waals surface area contributed by atoms with Crippen LogP contribution < -0.4 is 5.32 Å². The molecule has 3 aliphatic heterocycles. The van der Waals surface area contributed by atoms with Crippen LogP contribution in [0.3, 0.4) is 0 Å². The van der Waals surface area contributed by atoms with E-state index in [1.165, 1.54) is 63.9 Å². The van der Waals surface area contributed by atoms with Gasteiger partial charge in [0, 0.05) is 30.4 Å². The summed E-state index contributed by atoms with van der Waals surface area (Å²) in [7, 11) is 0. The van der Waals surface area contributed by atoms with Crippen LogP contribution in [-0.2, 0) is 0 Å². The predicted molar refractivity (Wildman–Crippen MR) is 79.8 cm³/mol. The van der Waals surface area contributed by atoms with E-state index < -0.39 is 0 Å². The zero-order valence-electron chi connectivity index (χ0n) is 12.1. The molecule has 0 spiro atoms. The summed E-state index contributed by atoms with van der Waals surface area (Å²) in [6.07, 6.45) is 9.92. The van der Waals surface area contributed by atoms with Gasteiger partial charge in [-0.25, -0.2) is 9.97 Å². The van der Waals surface area contributed by atoms with Crippen LogP contribution in [0.1, 0.15) is 50.1 Å². The summed E-state index contributed by atoms with van der Waals surface area (Å²) in [5, 5.41) is 3.61. The Labute approximate surface area is 121 Å². The molecule has 20 heavy (non-hydrogen) atoms. The molecule has 3 saturated heterocycles. The molecule has 5 rings (SSSR count). The number of aromatic nitrogens is 2. The average Bonchev–Trinajstić information content (AvgIpc) is 3.03. The molecule has 1 aromatic heterocycles. The van der Waals surface area contributed by atoms with E-state index in [2.05, 4.69) is 21.3 Å². The van der Waals surface area contributed by atoms with Crippen molar-refractivity contribution in [1.29, 1.82) is 0 Å². The number of piperidine rings is 3. The standard InChI is InChI=1S/C16H24N4/c1-2-4-12(3-1)14-5-8-17-16(18-14)19-15-11-20-9-6-13(15)7-10-20/h5,8,12-13,15H,1-4,6-7,9-11H2,(H,17,18,19). The summed E-state index contributed by atoms with van der Waals surface area (Å²) in [5.74, 6) is 2.34. The first kappa shape index (κ1) is 12.6. The van der Waals surface area contributed by atoms with Crippen LogP contribution in [0.2, 0.25) is 0 Å². The summed E-state index contributed by atoms with van der Waals surface area (Å²) in [4.78, 5) is 11.8. The fourth-order valence-corrected chi connectivity index (χ4v) is 4.19. The number of hydrogen-bond acceptors (Lipinski definition) is 4. The van der Waals surface area contributed by atoms with Crippen molar-refractivity contribution in [1.82, 2.24) is 14.9 Å². The van der Waals surface area contributed by atoms with E-state index in [-0.39, 0.29) is 0 Å². The highest BCUT2D eigenvalue weighted by Crippen LogP contribution is 2.33. The minimum Gasteiger partial charge on any atom is -0.350 e. The molecule has 1 aliphatic carbocycles. The Balaban J connectivity index is 1.47. The summed E-state index contributed by atoms with van der Waals surface area (Å²) in [5.41, 5.74) is 1.25. The van der Waals surface area contributed by atoms with Gasteiger partial charge in [-0.15, -0.1) is 0 Å². The summed E-state index contributed by atoms with van der Waals surface area (Å²) in [6, 6.07) is 2.66. The van der Waals surface area contributed by atoms with Gasteiger partial charge < -0.3 is 10.2 Å². The van der Waals surface area contributed by atoms with E-state index in [9.17, 15) is 0 Å². The van der Waals surface area contributed by atoms with Gasteiger partial charge in [-0.3, -0.25) is 0 Å². The Hall–Kier alpha value is -1.16. The van der Waals surface area contributed by atoms with Crippen molar-refractivity contribution in [3.8, 4) is 0 Å². The third-order valence-corrected chi connectivity index (χ3v) is 5.42. The predicted octanol–water partition coefficient (Wildman–Crippen LogP) is 2.64. The van der Waals surface area contributed by atoms with E-state index in [1.807, 2.05) is 6.20 Å². The monoisotopic (exact) mass is 272 g/mol. The number of rotatable bonds is 3. The second kappa shape index (κ2) is 5.32. The van der Waals surface area contributed by atoms with Crippen molar-refractivity contribution in [2.75, 3.05) is 25.0 Å². The van der Waals surface area contributed by atoms with Crippen LogP contribution in [0.15, 0.2) is 12.3 Å². The van der Waals surface area contributed by atoms with Gasteiger partial charge in [-0.2, -0.15) is 0 Å². The topological polar surface area (TPSA) is 41.1 Å². The van der Waals surface area contributed by atoms with Crippen molar-refractivity contribution in [2.45, 2.75) is 50.5 Å². The minimum absolute atomic E-state index is 0.552. The smallest absolute Gasteiger partial charge is 0.223 e. The molecule has 1 aromatic rings. The van der Waals surface area contributed by atoms with Crippen LogP contribution in [0, 0.1) is 5.92 Å². The van der Waals surface area contributed by atoms with Crippen LogP contribution in [0.5, 0.6) is 0 Å². The second-order valence-electron chi connectivity index (χ2n) is 6.68. The Morgan fingerprint density at radius 1 is 1.10 bits per heavy atom. The van der Waals surface area contributed by atoms with Gasteiger partial charge in [0.05, 0.1) is 0 Å². The summed E-state index contributed by atoms with van der Waals surface area (Å²) < 4.78 is 0. The van der Waals surface area contributed by atoms with Crippen molar-refractivity contribution in [3.05, 3.63) is 18.0 Å². The van der Waals surface area contributed by atoms with E-state index in [0.717, 1.165) is 11.9 Å². The first-order valence-corrected chi connectivity index (χ1v) is 8.20. The molecule has 1 N–H and O–H groups in total. The molecular formula is C16H24N4. The lowest BCUT2D eigenvalue weighted by Gasteiger charge is -2.44. The molecule has 0 amide bonds. The Bertz CT molecular complexity index is 461. The van der Waals surface area contributed by atoms with Gasteiger partial charge in [-0.1, -0.05) is 12.8 Å². The highest BCUT2D eigenvalue weighted by molar-refractivity contribution is 5.29. The second-order valence-corrected chi connectivity index (χ2v) is 6.68. The first-order chi connectivity index (χ1) is 9.88. The summed E-state index contributed by atoms with van der Waals surface area (Å²) in [6.45, 7) is 3.74. The average molecular weight is 272 g/mol. The maximum Gasteiger partial charge on any atom is 0.223 e. The maximum atomic E-state index is 4.79. The van der Waals surface area contributed by atoms with Crippen molar-refractivity contribution >= 4 is 5.95 Å². The number of nitrogens with one attached hydrogen (secondary N) is 1. The normalized spacial score (nSPS) is 33.5. The highest BCUT2D eigenvalue weighted by Gasteiger charge is 2.34. The highest BCUT2D eigenvalue weighted by atomic mass is 15.2. The number of nitrogens with zero attached hydrogens (tertiary/aromatic N) is 3. The first-order valence-electron chi connectivity index (χ1n) is 8.20. The minimum atomic E-state index is 0.552. The van der Waals surface area contributed by atoms with Crippen LogP contribution >= 0.6 is 0 Å². The molecule has 0 radical (unpaired) electrons. The van der Waals surface area contributed by atoms with Gasteiger partial charge in [0.2, 0.25) is 5.95 Å². The SMILES string of the molecule is c1cc(C2CCCC2)nc(NC2CN3CCC2CC3)n1. The Morgan fingerprint density at radius 3 is 2.60 bits per heavy atom. The van der Waals surface area contributed by atoms with Gasteiger partial charge in [-0.05, 0) is 50.8 Å². The van der Waals surface area contributed by atoms with Crippen LogP contribution in [0.25, 0.3) is 0 Å². The molecule has 1 atom stereocenters. The fraction of sp³-hybridized carbons (Fsp3) is 0.750. The van der Waals surface area contributed by atoms with Gasteiger partial charge >= 0.3 is 0 Å². The molecule has 0 aromatic carbocycles. The molecule has 1 unspecified atom stereocenters.